The lowest BCUT2D eigenvalue weighted by Crippen LogP contribution is -2.15. The summed E-state index contributed by atoms with van der Waals surface area (Å²) in [4.78, 5) is 0. The van der Waals surface area contributed by atoms with Gasteiger partial charge in [0.05, 0.1) is 0 Å². The van der Waals surface area contributed by atoms with E-state index in [4.69, 9.17) is 0 Å². The summed E-state index contributed by atoms with van der Waals surface area (Å²) in [6.45, 7) is 0.991. The molecule has 0 bridgehead atoms. The minimum atomic E-state index is 0.763. The molecule has 0 heterocycles. The fourth-order valence-corrected chi connectivity index (χ4v) is 3.17. The molecule has 0 amide bonds. The lowest BCUT2D eigenvalue weighted by molar-refractivity contribution is 0.420. The van der Waals surface area contributed by atoms with E-state index in [-0.39, 0.29) is 0 Å². The Balaban J connectivity index is 1.56. The molecule has 0 saturated heterocycles. The van der Waals surface area contributed by atoms with Gasteiger partial charge in [-0.25, -0.2) is 0 Å². The highest BCUT2D eigenvalue weighted by Gasteiger charge is 2.21. The Labute approximate surface area is 127 Å². The predicted molar refractivity (Wildman–Crippen MR) is 88.3 cm³/mol. The third-order valence-corrected chi connectivity index (χ3v) is 4.97. The molecule has 0 aliphatic heterocycles. The third kappa shape index (κ3) is 2.89. The minimum absolute atomic E-state index is 0.763. The van der Waals surface area contributed by atoms with Gasteiger partial charge < -0.3 is 5.32 Å². The normalized spacial score (nSPS) is 18.5. The maximum atomic E-state index is 3.63. The van der Waals surface area contributed by atoms with Crippen LogP contribution >= 0.6 is 0 Å². The molecule has 2 aromatic carbocycles. The molecule has 4 rings (SSSR count). The van der Waals surface area contributed by atoms with Crippen molar-refractivity contribution in [1.29, 1.82) is 0 Å². The highest BCUT2D eigenvalue weighted by atomic mass is 14.9. The van der Waals surface area contributed by atoms with E-state index in [1.807, 2.05) is 0 Å². The van der Waals surface area contributed by atoms with Crippen molar-refractivity contribution in [3.63, 3.8) is 0 Å². The van der Waals surface area contributed by atoms with Crippen molar-refractivity contribution in [2.24, 2.45) is 0 Å². The molecule has 2 aliphatic rings. The summed E-state index contributed by atoms with van der Waals surface area (Å²) >= 11 is 0. The summed E-state index contributed by atoms with van der Waals surface area (Å²) in [6.07, 6.45) is 6.85. The molecule has 1 nitrogen and oxygen atoms in total. The molecule has 2 aliphatic carbocycles. The Hall–Kier alpha value is -1.60. The Bertz CT molecular complexity index is 606. The molecular formula is C20H23N. The summed E-state index contributed by atoms with van der Waals surface area (Å²) in [5, 5.41) is 3.63. The average molecular weight is 277 g/mol. The van der Waals surface area contributed by atoms with Crippen molar-refractivity contribution in [3.05, 3.63) is 59.7 Å². The number of hydrogen-bond donors (Lipinski definition) is 1. The average Bonchev–Trinajstić information content (AvgIpc) is 3.29. The predicted octanol–water partition coefficient (Wildman–Crippen LogP) is 4.87. The van der Waals surface area contributed by atoms with Crippen LogP contribution < -0.4 is 5.32 Å². The number of benzene rings is 2. The molecule has 2 fully saturated rings. The van der Waals surface area contributed by atoms with E-state index in [1.54, 1.807) is 0 Å². The summed E-state index contributed by atoms with van der Waals surface area (Å²) in [7, 11) is 0. The fraction of sp³-hybridized carbons (Fsp3) is 0.400. The molecule has 2 aromatic rings. The quantitative estimate of drug-likeness (QED) is 0.822. The van der Waals surface area contributed by atoms with Crippen LogP contribution in [0.2, 0.25) is 0 Å². The van der Waals surface area contributed by atoms with Gasteiger partial charge >= 0.3 is 0 Å². The van der Waals surface area contributed by atoms with Gasteiger partial charge in [-0.05, 0) is 53.9 Å². The monoisotopic (exact) mass is 277 g/mol. The summed E-state index contributed by atoms with van der Waals surface area (Å²) in [6, 6.07) is 18.9. The van der Waals surface area contributed by atoms with Crippen LogP contribution in [-0.4, -0.2) is 6.04 Å². The van der Waals surface area contributed by atoms with Gasteiger partial charge in [0.25, 0.3) is 0 Å². The van der Waals surface area contributed by atoms with Crippen molar-refractivity contribution >= 4 is 0 Å². The van der Waals surface area contributed by atoms with Gasteiger partial charge in [-0.15, -0.1) is 0 Å². The summed E-state index contributed by atoms with van der Waals surface area (Å²) in [5.41, 5.74) is 5.68. The highest BCUT2D eigenvalue weighted by Crippen LogP contribution is 2.37. The van der Waals surface area contributed by atoms with Crippen LogP contribution in [0.5, 0.6) is 0 Å². The van der Waals surface area contributed by atoms with Crippen molar-refractivity contribution < 1.29 is 0 Å². The molecule has 0 aromatic heterocycles. The van der Waals surface area contributed by atoms with E-state index in [0.29, 0.717) is 0 Å². The van der Waals surface area contributed by atoms with Crippen LogP contribution in [0.15, 0.2) is 48.5 Å². The van der Waals surface area contributed by atoms with E-state index in [0.717, 1.165) is 18.5 Å². The molecule has 0 radical (unpaired) electrons. The van der Waals surface area contributed by atoms with Gasteiger partial charge in [0.2, 0.25) is 0 Å². The van der Waals surface area contributed by atoms with Crippen LogP contribution in [0, 0.1) is 0 Å². The number of nitrogens with one attached hydrogen (secondary N) is 1. The largest absolute Gasteiger partial charge is 0.310 e. The zero-order valence-electron chi connectivity index (χ0n) is 12.5. The SMILES string of the molecule is c1ccc(-c2ccc(C3CCC3)cc2)c(CNC2CC2)c1. The van der Waals surface area contributed by atoms with Crippen molar-refractivity contribution in [3.8, 4) is 11.1 Å². The molecule has 2 saturated carbocycles. The van der Waals surface area contributed by atoms with Gasteiger partial charge in [-0.1, -0.05) is 55.0 Å². The zero-order chi connectivity index (χ0) is 14.1. The van der Waals surface area contributed by atoms with Gasteiger partial charge in [0.1, 0.15) is 0 Å². The molecule has 21 heavy (non-hydrogen) atoms. The first kappa shape index (κ1) is 13.1. The maximum Gasteiger partial charge on any atom is 0.0214 e. The molecule has 1 heteroatoms. The van der Waals surface area contributed by atoms with Crippen molar-refractivity contribution in [2.75, 3.05) is 0 Å². The summed E-state index contributed by atoms with van der Waals surface area (Å²) in [5.74, 6) is 0.825. The Morgan fingerprint density at radius 2 is 1.62 bits per heavy atom. The van der Waals surface area contributed by atoms with E-state index >= 15 is 0 Å². The standard InChI is InChI=1S/C20H23N/c1-2-7-20(18(4-1)14-21-19-12-13-19)17-10-8-16(9-11-17)15-5-3-6-15/h1-2,4,7-11,15,19,21H,3,5-6,12-14H2. The topological polar surface area (TPSA) is 12.0 Å². The molecule has 108 valence electrons. The second-order valence-corrected chi connectivity index (χ2v) is 6.56. The second kappa shape index (κ2) is 5.65. The van der Waals surface area contributed by atoms with Gasteiger partial charge in [0.15, 0.2) is 0 Å². The first-order chi connectivity index (χ1) is 10.4. The van der Waals surface area contributed by atoms with Crippen LogP contribution in [0.3, 0.4) is 0 Å². The van der Waals surface area contributed by atoms with Crippen molar-refractivity contribution in [2.45, 2.75) is 50.6 Å². The Morgan fingerprint density at radius 3 is 2.29 bits per heavy atom. The smallest absolute Gasteiger partial charge is 0.0214 e. The fourth-order valence-electron chi connectivity index (χ4n) is 3.17. The lowest BCUT2D eigenvalue weighted by Gasteiger charge is -2.26. The van der Waals surface area contributed by atoms with Crippen LogP contribution in [0.4, 0.5) is 0 Å². The lowest BCUT2D eigenvalue weighted by atomic mass is 9.80. The first-order valence-electron chi connectivity index (χ1n) is 8.32. The van der Waals surface area contributed by atoms with Gasteiger partial charge in [-0.3, -0.25) is 0 Å². The summed E-state index contributed by atoms with van der Waals surface area (Å²) < 4.78 is 0. The molecule has 0 unspecified atom stereocenters. The van der Waals surface area contributed by atoms with Gasteiger partial charge in [0, 0.05) is 12.6 Å². The zero-order valence-corrected chi connectivity index (χ0v) is 12.5. The van der Waals surface area contributed by atoms with Crippen LogP contribution in [0.25, 0.3) is 11.1 Å². The molecule has 1 N–H and O–H groups in total. The minimum Gasteiger partial charge on any atom is -0.310 e. The van der Waals surface area contributed by atoms with E-state index < -0.39 is 0 Å². The highest BCUT2D eigenvalue weighted by molar-refractivity contribution is 5.67. The van der Waals surface area contributed by atoms with Crippen LogP contribution in [0.1, 0.15) is 49.1 Å². The molecule has 0 atom stereocenters. The first-order valence-corrected chi connectivity index (χ1v) is 8.32. The molecular weight excluding hydrogens is 254 g/mol. The second-order valence-electron chi connectivity index (χ2n) is 6.56. The van der Waals surface area contributed by atoms with E-state index in [9.17, 15) is 0 Å². The molecule has 0 spiro atoms. The maximum absolute atomic E-state index is 3.63. The Kier molecular flexibility index (Phi) is 3.52. The number of hydrogen-bond acceptors (Lipinski definition) is 1. The number of rotatable bonds is 5. The third-order valence-electron chi connectivity index (χ3n) is 4.97. The van der Waals surface area contributed by atoms with Crippen LogP contribution in [-0.2, 0) is 6.54 Å². The Morgan fingerprint density at radius 1 is 0.857 bits per heavy atom. The van der Waals surface area contributed by atoms with Gasteiger partial charge in [-0.2, -0.15) is 0 Å². The van der Waals surface area contributed by atoms with E-state index in [2.05, 4.69) is 53.8 Å². The van der Waals surface area contributed by atoms with E-state index in [1.165, 1.54) is 54.4 Å². The van der Waals surface area contributed by atoms with Crippen molar-refractivity contribution in [1.82, 2.24) is 5.32 Å².